The molecule has 0 aromatic carbocycles. The summed E-state index contributed by atoms with van der Waals surface area (Å²) < 4.78 is 14.0. The van der Waals surface area contributed by atoms with E-state index in [9.17, 15) is 4.79 Å². The lowest BCUT2D eigenvalue weighted by molar-refractivity contribution is 0.0526. The summed E-state index contributed by atoms with van der Waals surface area (Å²) in [5.41, 5.74) is 1.82. The fourth-order valence-corrected chi connectivity index (χ4v) is 3.88. The molecular formula is C20H26N6O3. The van der Waals surface area contributed by atoms with Gasteiger partial charge in [0.2, 0.25) is 5.88 Å². The van der Waals surface area contributed by atoms with E-state index in [1.54, 1.807) is 26.4 Å². The number of nitrogens with zero attached hydrogens (tertiary/aromatic N) is 6. The van der Waals surface area contributed by atoms with Crippen LogP contribution in [0.4, 0.5) is 0 Å². The normalized spacial score (nSPS) is 15.4. The number of methoxy groups -OCH3 is 1. The van der Waals surface area contributed by atoms with Crippen LogP contribution in [0.5, 0.6) is 5.88 Å². The second-order valence-electron chi connectivity index (χ2n) is 7.35. The van der Waals surface area contributed by atoms with Gasteiger partial charge in [-0.25, -0.2) is 14.5 Å². The number of rotatable bonds is 6. The predicted octanol–water partition coefficient (Wildman–Crippen LogP) is 3.17. The molecule has 0 N–H and O–H groups in total. The summed E-state index contributed by atoms with van der Waals surface area (Å²) in [6, 6.07) is 0. The van der Waals surface area contributed by atoms with Crippen LogP contribution in [0.15, 0.2) is 18.6 Å². The number of hydrogen-bond donors (Lipinski definition) is 0. The maximum atomic E-state index is 11.9. The van der Waals surface area contributed by atoms with Gasteiger partial charge in [0.05, 0.1) is 31.7 Å². The number of carbonyl (C=O) groups excluding carboxylic acids is 1. The van der Waals surface area contributed by atoms with Gasteiger partial charge in [-0.1, -0.05) is 25.7 Å². The average molecular weight is 398 g/mol. The predicted molar refractivity (Wildman–Crippen MR) is 106 cm³/mol. The van der Waals surface area contributed by atoms with Gasteiger partial charge in [0, 0.05) is 12.7 Å². The third kappa shape index (κ3) is 4.08. The molecular weight excluding hydrogens is 372 g/mol. The van der Waals surface area contributed by atoms with Crippen LogP contribution in [0.3, 0.4) is 0 Å². The molecule has 3 heterocycles. The smallest absolute Gasteiger partial charge is 0.341 e. The Morgan fingerprint density at radius 3 is 2.66 bits per heavy atom. The molecule has 9 heteroatoms. The summed E-state index contributed by atoms with van der Waals surface area (Å²) >= 11 is 0. The van der Waals surface area contributed by atoms with Crippen molar-refractivity contribution in [2.75, 3.05) is 13.7 Å². The second-order valence-corrected chi connectivity index (χ2v) is 7.35. The van der Waals surface area contributed by atoms with Crippen LogP contribution in [0.1, 0.15) is 55.8 Å². The summed E-state index contributed by atoms with van der Waals surface area (Å²) in [7, 11) is 1.58. The highest BCUT2D eigenvalue weighted by molar-refractivity contribution is 5.88. The molecule has 0 radical (unpaired) electrons. The van der Waals surface area contributed by atoms with Crippen LogP contribution in [0.25, 0.3) is 17.0 Å². The van der Waals surface area contributed by atoms with Gasteiger partial charge in [-0.2, -0.15) is 15.2 Å². The zero-order chi connectivity index (χ0) is 20.2. The maximum absolute atomic E-state index is 11.9. The first-order chi connectivity index (χ1) is 14.2. The molecule has 0 unspecified atom stereocenters. The lowest BCUT2D eigenvalue weighted by atomic mass is 10.0. The van der Waals surface area contributed by atoms with Crippen molar-refractivity contribution < 1.29 is 14.3 Å². The molecule has 1 saturated carbocycles. The molecule has 4 rings (SSSR count). The first-order valence-corrected chi connectivity index (χ1v) is 10.2. The highest BCUT2D eigenvalue weighted by atomic mass is 16.5. The van der Waals surface area contributed by atoms with Crippen LogP contribution < -0.4 is 4.74 Å². The summed E-state index contributed by atoms with van der Waals surface area (Å²) in [4.78, 5) is 21.0. The van der Waals surface area contributed by atoms with E-state index >= 15 is 0 Å². The van der Waals surface area contributed by atoms with E-state index in [4.69, 9.17) is 9.47 Å². The summed E-state index contributed by atoms with van der Waals surface area (Å²) in [6.07, 6.45) is 12.4. The van der Waals surface area contributed by atoms with Crippen LogP contribution in [-0.2, 0) is 11.3 Å². The minimum absolute atomic E-state index is 0.306. The van der Waals surface area contributed by atoms with E-state index in [0.717, 1.165) is 12.1 Å². The highest BCUT2D eigenvalue weighted by Gasteiger charge is 2.20. The van der Waals surface area contributed by atoms with Crippen LogP contribution in [-0.4, -0.2) is 49.2 Å². The van der Waals surface area contributed by atoms with Gasteiger partial charge in [-0.15, -0.1) is 0 Å². The zero-order valence-electron chi connectivity index (χ0n) is 16.9. The number of aromatic nitrogens is 6. The molecule has 0 spiro atoms. The molecule has 3 aromatic heterocycles. The summed E-state index contributed by atoms with van der Waals surface area (Å²) in [5, 5.41) is 8.74. The van der Waals surface area contributed by atoms with E-state index in [1.807, 2.05) is 4.68 Å². The Hall–Kier alpha value is -2.97. The molecule has 154 valence electrons. The summed E-state index contributed by atoms with van der Waals surface area (Å²) in [6.45, 7) is 2.91. The lowest BCUT2D eigenvalue weighted by Gasteiger charge is -2.15. The molecule has 9 nitrogen and oxygen atoms in total. The van der Waals surface area contributed by atoms with Gasteiger partial charge in [0.1, 0.15) is 11.0 Å². The zero-order valence-corrected chi connectivity index (χ0v) is 16.9. The molecule has 0 amide bonds. The van der Waals surface area contributed by atoms with E-state index < -0.39 is 5.97 Å². The lowest BCUT2D eigenvalue weighted by Crippen LogP contribution is -2.12. The minimum Gasteiger partial charge on any atom is -0.479 e. The van der Waals surface area contributed by atoms with Gasteiger partial charge >= 0.3 is 5.97 Å². The first-order valence-electron chi connectivity index (χ1n) is 10.2. The Bertz CT molecular complexity index is 987. The quantitative estimate of drug-likeness (QED) is 0.465. The van der Waals surface area contributed by atoms with Gasteiger partial charge < -0.3 is 9.47 Å². The van der Waals surface area contributed by atoms with Gasteiger partial charge in [0.15, 0.2) is 0 Å². The van der Waals surface area contributed by atoms with Crippen molar-refractivity contribution in [2.45, 2.75) is 52.0 Å². The third-order valence-electron chi connectivity index (χ3n) is 5.34. The van der Waals surface area contributed by atoms with Gasteiger partial charge in [-0.05, 0) is 25.7 Å². The number of fused-ring (bicyclic) bond motifs is 1. The summed E-state index contributed by atoms with van der Waals surface area (Å²) in [5.74, 6) is 0.953. The van der Waals surface area contributed by atoms with Crippen LogP contribution in [0, 0.1) is 5.92 Å². The average Bonchev–Trinajstić information content (AvgIpc) is 3.29. The Kier molecular flexibility index (Phi) is 5.73. The standard InChI is InChI=1S/C20H26N6O3/c1-3-29-19(27)15-10-21-26(13-15)20-23-16-11-22-25(17(16)18(24-20)28-2)12-14-8-6-4-5-7-9-14/h10-11,13-14H,3-9,12H2,1-2H3. The van der Waals surface area contributed by atoms with E-state index in [-0.39, 0.29) is 0 Å². The molecule has 1 fully saturated rings. The van der Waals surface area contributed by atoms with Crippen molar-refractivity contribution >= 4 is 17.0 Å². The van der Waals surface area contributed by atoms with Crippen molar-refractivity contribution in [3.8, 4) is 11.8 Å². The molecule has 1 aliphatic carbocycles. The Labute approximate surface area is 169 Å². The number of esters is 1. The van der Waals surface area contributed by atoms with Crippen LogP contribution in [0.2, 0.25) is 0 Å². The number of hydrogen-bond acceptors (Lipinski definition) is 7. The van der Waals surface area contributed by atoms with Gasteiger partial charge in [-0.3, -0.25) is 4.68 Å². The Morgan fingerprint density at radius 1 is 1.14 bits per heavy atom. The topological polar surface area (TPSA) is 97.0 Å². The second kappa shape index (κ2) is 8.59. The van der Waals surface area contributed by atoms with Crippen molar-refractivity contribution in [3.05, 3.63) is 24.2 Å². The van der Waals surface area contributed by atoms with Crippen molar-refractivity contribution in [1.29, 1.82) is 0 Å². The Morgan fingerprint density at radius 2 is 1.93 bits per heavy atom. The molecule has 0 atom stereocenters. The largest absolute Gasteiger partial charge is 0.479 e. The first kappa shape index (κ1) is 19.4. The highest BCUT2D eigenvalue weighted by Crippen LogP contribution is 2.28. The van der Waals surface area contributed by atoms with Crippen LogP contribution >= 0.6 is 0 Å². The molecule has 0 bridgehead atoms. The minimum atomic E-state index is -0.428. The van der Waals surface area contributed by atoms with Crippen molar-refractivity contribution in [1.82, 2.24) is 29.5 Å². The van der Waals surface area contributed by atoms with Gasteiger partial charge in [0.25, 0.3) is 5.95 Å². The fraction of sp³-hybridized carbons (Fsp3) is 0.550. The molecule has 0 saturated heterocycles. The van der Waals surface area contributed by atoms with Crippen molar-refractivity contribution in [2.24, 2.45) is 5.92 Å². The molecule has 0 aliphatic heterocycles. The maximum Gasteiger partial charge on any atom is 0.341 e. The fourth-order valence-electron chi connectivity index (χ4n) is 3.88. The molecule has 29 heavy (non-hydrogen) atoms. The van der Waals surface area contributed by atoms with E-state index in [2.05, 4.69) is 20.2 Å². The van der Waals surface area contributed by atoms with E-state index in [0.29, 0.717) is 35.4 Å². The van der Waals surface area contributed by atoms with Crippen molar-refractivity contribution in [3.63, 3.8) is 0 Å². The molecule has 1 aliphatic rings. The monoisotopic (exact) mass is 398 g/mol. The Balaban J connectivity index is 1.64. The third-order valence-corrected chi connectivity index (χ3v) is 5.34. The molecule has 3 aromatic rings. The number of carbonyl (C=O) groups is 1. The SMILES string of the molecule is CCOC(=O)c1cnn(-c2nc(OC)c3c(cnn3CC3CCCCCC3)n2)c1. The van der Waals surface area contributed by atoms with E-state index in [1.165, 1.54) is 49.4 Å². The number of ether oxygens (including phenoxy) is 2.